The van der Waals surface area contributed by atoms with Crippen molar-refractivity contribution in [3.8, 4) is 0 Å². The molecule has 1 saturated heterocycles. The Morgan fingerprint density at radius 1 is 1.05 bits per heavy atom. The van der Waals surface area contributed by atoms with Crippen molar-refractivity contribution in [2.24, 2.45) is 5.92 Å². The van der Waals surface area contributed by atoms with Gasteiger partial charge in [-0.15, -0.1) is 0 Å². The highest BCUT2D eigenvalue weighted by atomic mass is 15.2. The summed E-state index contributed by atoms with van der Waals surface area (Å²) < 4.78 is 0. The number of hydrogen-bond acceptors (Lipinski definition) is 2. The smallest absolute Gasteiger partial charge is 0.0306 e. The number of likely N-dealkylation sites (tertiary alicyclic amines) is 1. The minimum Gasteiger partial charge on any atom is -0.315 e. The molecule has 126 valence electrons. The van der Waals surface area contributed by atoms with Crippen molar-refractivity contribution in [3.63, 3.8) is 0 Å². The molecule has 1 aliphatic heterocycles. The first-order valence-corrected chi connectivity index (χ1v) is 9.48. The predicted octanol–water partition coefficient (Wildman–Crippen LogP) is 4.84. The number of unbranched alkanes of at least 4 members (excludes halogenated alkanes) is 1. The molecule has 0 saturated carbocycles. The van der Waals surface area contributed by atoms with E-state index in [0.717, 1.165) is 5.92 Å². The van der Waals surface area contributed by atoms with Gasteiger partial charge in [-0.1, -0.05) is 52.4 Å². The number of nitrogens with one attached hydrogen (secondary N) is 1. The second-order valence-corrected chi connectivity index (χ2v) is 7.55. The summed E-state index contributed by atoms with van der Waals surface area (Å²) >= 11 is 0. The van der Waals surface area contributed by atoms with E-state index in [4.69, 9.17) is 0 Å². The molecule has 0 aromatic rings. The molecule has 0 aliphatic carbocycles. The third-order valence-corrected chi connectivity index (χ3v) is 5.73. The lowest BCUT2D eigenvalue weighted by atomic mass is 9.82. The van der Waals surface area contributed by atoms with E-state index in [9.17, 15) is 0 Å². The summed E-state index contributed by atoms with van der Waals surface area (Å²) in [5.41, 5.74) is 0.277. The maximum atomic E-state index is 3.66. The van der Waals surface area contributed by atoms with Gasteiger partial charge in [0.1, 0.15) is 0 Å². The van der Waals surface area contributed by atoms with Gasteiger partial charge in [0.2, 0.25) is 0 Å². The lowest BCUT2D eigenvalue weighted by molar-refractivity contribution is 0.0747. The van der Waals surface area contributed by atoms with Gasteiger partial charge >= 0.3 is 0 Å². The summed E-state index contributed by atoms with van der Waals surface area (Å²) in [6.45, 7) is 12.2. The quantitative estimate of drug-likeness (QED) is 0.655. The summed E-state index contributed by atoms with van der Waals surface area (Å²) in [6, 6.07) is 0.609. The number of rotatable bonds is 9. The third-order valence-electron chi connectivity index (χ3n) is 5.73. The van der Waals surface area contributed by atoms with E-state index >= 15 is 0 Å². The normalized spacial score (nSPS) is 21.0. The summed E-state index contributed by atoms with van der Waals surface area (Å²) in [4.78, 5) is 2.76. The molecule has 1 fully saturated rings. The van der Waals surface area contributed by atoms with Gasteiger partial charge in [-0.25, -0.2) is 0 Å². The maximum Gasteiger partial charge on any atom is 0.0306 e. The van der Waals surface area contributed by atoms with Gasteiger partial charge in [-0.2, -0.15) is 0 Å². The van der Waals surface area contributed by atoms with Crippen molar-refractivity contribution < 1.29 is 0 Å². The molecule has 2 atom stereocenters. The van der Waals surface area contributed by atoms with Crippen LogP contribution in [0.5, 0.6) is 0 Å². The predicted molar refractivity (Wildman–Crippen MR) is 94.9 cm³/mol. The summed E-state index contributed by atoms with van der Waals surface area (Å²) in [7, 11) is 2.16. The Balaban J connectivity index is 2.65. The standard InChI is InChI=1S/C19H40N2/c1-6-8-13-17(7-2)16-18(20-5)19(3,4)21-14-11-9-10-12-15-21/h17-18,20H,6-16H2,1-5H3. The van der Waals surface area contributed by atoms with Gasteiger partial charge in [0.25, 0.3) is 0 Å². The molecule has 2 unspecified atom stereocenters. The SMILES string of the molecule is CCCCC(CC)CC(NC)C(C)(C)N1CCCCCC1. The van der Waals surface area contributed by atoms with Gasteiger partial charge in [0.05, 0.1) is 0 Å². The van der Waals surface area contributed by atoms with Gasteiger partial charge in [0.15, 0.2) is 0 Å². The molecule has 1 heterocycles. The first kappa shape index (κ1) is 19.0. The van der Waals surface area contributed by atoms with E-state index in [1.165, 1.54) is 70.9 Å². The van der Waals surface area contributed by atoms with Crippen molar-refractivity contribution in [2.75, 3.05) is 20.1 Å². The molecule has 0 amide bonds. The molecule has 2 nitrogen and oxygen atoms in total. The molecular formula is C19H40N2. The fourth-order valence-electron chi connectivity index (χ4n) is 3.94. The molecule has 1 N–H and O–H groups in total. The van der Waals surface area contributed by atoms with Crippen LogP contribution in [0.3, 0.4) is 0 Å². The molecule has 2 heteroatoms. The zero-order chi connectivity index (χ0) is 15.7. The van der Waals surface area contributed by atoms with Crippen molar-refractivity contribution >= 4 is 0 Å². The van der Waals surface area contributed by atoms with E-state index in [1.54, 1.807) is 0 Å². The van der Waals surface area contributed by atoms with E-state index in [-0.39, 0.29) is 5.54 Å². The highest BCUT2D eigenvalue weighted by molar-refractivity contribution is 4.94. The Morgan fingerprint density at radius 3 is 2.14 bits per heavy atom. The van der Waals surface area contributed by atoms with Crippen LogP contribution in [-0.2, 0) is 0 Å². The fraction of sp³-hybridized carbons (Fsp3) is 1.00. The van der Waals surface area contributed by atoms with Crippen LogP contribution in [0.4, 0.5) is 0 Å². The number of hydrogen-bond donors (Lipinski definition) is 1. The third kappa shape index (κ3) is 5.90. The molecule has 0 radical (unpaired) electrons. The first-order chi connectivity index (χ1) is 10.1. The summed E-state index contributed by atoms with van der Waals surface area (Å²) in [5.74, 6) is 0.883. The van der Waals surface area contributed by atoms with Crippen LogP contribution in [0.25, 0.3) is 0 Å². The van der Waals surface area contributed by atoms with E-state index in [2.05, 4.69) is 45.0 Å². The Labute approximate surface area is 134 Å². The first-order valence-electron chi connectivity index (χ1n) is 9.48. The van der Waals surface area contributed by atoms with Crippen molar-refractivity contribution in [2.45, 2.75) is 97.1 Å². The second kappa shape index (κ2) is 9.84. The number of nitrogens with zero attached hydrogens (tertiary/aromatic N) is 1. The molecular weight excluding hydrogens is 256 g/mol. The topological polar surface area (TPSA) is 15.3 Å². The largest absolute Gasteiger partial charge is 0.315 e. The Morgan fingerprint density at radius 2 is 1.67 bits per heavy atom. The second-order valence-electron chi connectivity index (χ2n) is 7.55. The minimum absolute atomic E-state index is 0.277. The van der Waals surface area contributed by atoms with Gasteiger partial charge in [-0.3, -0.25) is 4.90 Å². The van der Waals surface area contributed by atoms with Gasteiger partial charge < -0.3 is 5.32 Å². The van der Waals surface area contributed by atoms with Crippen LogP contribution in [-0.4, -0.2) is 36.6 Å². The average Bonchev–Trinajstić information content (AvgIpc) is 2.77. The van der Waals surface area contributed by atoms with Crippen molar-refractivity contribution in [1.82, 2.24) is 10.2 Å². The van der Waals surface area contributed by atoms with Crippen LogP contribution in [0.1, 0.15) is 85.5 Å². The van der Waals surface area contributed by atoms with Crippen LogP contribution in [0.15, 0.2) is 0 Å². The van der Waals surface area contributed by atoms with Crippen LogP contribution in [0, 0.1) is 5.92 Å². The van der Waals surface area contributed by atoms with Crippen LogP contribution < -0.4 is 5.32 Å². The molecule has 1 aliphatic rings. The van der Waals surface area contributed by atoms with Gasteiger partial charge in [-0.05, 0) is 59.2 Å². The van der Waals surface area contributed by atoms with Crippen LogP contribution in [0.2, 0.25) is 0 Å². The highest BCUT2D eigenvalue weighted by Gasteiger charge is 2.35. The lowest BCUT2D eigenvalue weighted by Gasteiger charge is -2.45. The molecule has 21 heavy (non-hydrogen) atoms. The average molecular weight is 297 g/mol. The molecule has 0 aromatic heterocycles. The lowest BCUT2D eigenvalue weighted by Crippen LogP contribution is -2.57. The van der Waals surface area contributed by atoms with E-state index in [0.29, 0.717) is 6.04 Å². The minimum atomic E-state index is 0.277. The molecule has 1 rings (SSSR count). The molecule has 0 spiro atoms. The Kier molecular flexibility index (Phi) is 8.89. The van der Waals surface area contributed by atoms with Crippen LogP contribution >= 0.6 is 0 Å². The van der Waals surface area contributed by atoms with Gasteiger partial charge in [0, 0.05) is 11.6 Å². The summed E-state index contributed by atoms with van der Waals surface area (Å²) in [6.07, 6.45) is 12.4. The van der Waals surface area contributed by atoms with Crippen molar-refractivity contribution in [3.05, 3.63) is 0 Å². The van der Waals surface area contributed by atoms with Crippen molar-refractivity contribution in [1.29, 1.82) is 0 Å². The summed E-state index contributed by atoms with van der Waals surface area (Å²) in [5, 5.41) is 3.66. The fourth-order valence-corrected chi connectivity index (χ4v) is 3.94. The zero-order valence-corrected chi connectivity index (χ0v) is 15.4. The zero-order valence-electron chi connectivity index (χ0n) is 15.4. The monoisotopic (exact) mass is 296 g/mol. The van der Waals surface area contributed by atoms with E-state index < -0.39 is 0 Å². The molecule has 0 bridgehead atoms. The van der Waals surface area contributed by atoms with E-state index in [1.807, 2.05) is 0 Å². The highest BCUT2D eigenvalue weighted by Crippen LogP contribution is 2.29. The Bertz CT molecular complexity index is 254. The maximum absolute atomic E-state index is 3.66. The molecule has 0 aromatic carbocycles. The number of likely N-dealkylation sites (N-methyl/N-ethyl adjacent to an activating group) is 1. The Hall–Kier alpha value is -0.0800.